The average Bonchev–Trinajstić information content (AvgIpc) is 2.86. The van der Waals surface area contributed by atoms with E-state index in [0.29, 0.717) is 11.8 Å². The van der Waals surface area contributed by atoms with Crippen molar-refractivity contribution in [2.75, 3.05) is 5.73 Å². The lowest BCUT2D eigenvalue weighted by Crippen LogP contribution is -2.29. The van der Waals surface area contributed by atoms with Crippen LogP contribution in [0.3, 0.4) is 0 Å². The van der Waals surface area contributed by atoms with Crippen molar-refractivity contribution in [3.05, 3.63) is 17.6 Å². The van der Waals surface area contributed by atoms with Gasteiger partial charge in [0.25, 0.3) is 0 Å². The van der Waals surface area contributed by atoms with Crippen LogP contribution in [-0.2, 0) is 0 Å². The van der Waals surface area contributed by atoms with Gasteiger partial charge in [-0.1, -0.05) is 13.8 Å². The Bertz CT molecular complexity index is 581. The molecular weight excluding hydrogens is 256 g/mol. The van der Waals surface area contributed by atoms with E-state index in [1.54, 1.807) is 11.3 Å². The van der Waals surface area contributed by atoms with Gasteiger partial charge in [-0.15, -0.1) is 11.3 Å². The maximum atomic E-state index is 6.16. The van der Waals surface area contributed by atoms with Gasteiger partial charge in [0, 0.05) is 0 Å². The minimum Gasteiger partial charge on any atom is -0.488 e. The van der Waals surface area contributed by atoms with Crippen molar-refractivity contribution in [1.82, 2.24) is 4.98 Å². The highest BCUT2D eigenvalue weighted by molar-refractivity contribution is 7.16. The minimum absolute atomic E-state index is 0.296. The zero-order chi connectivity index (χ0) is 13.4. The van der Waals surface area contributed by atoms with E-state index in [1.807, 2.05) is 17.6 Å². The Balaban J connectivity index is 1.79. The first-order chi connectivity index (χ1) is 9.15. The molecule has 1 aromatic carbocycles. The van der Waals surface area contributed by atoms with Crippen LogP contribution in [0.4, 0.5) is 5.69 Å². The number of aromatic nitrogens is 1. The van der Waals surface area contributed by atoms with E-state index in [4.69, 9.17) is 10.5 Å². The molecule has 2 aromatic rings. The van der Waals surface area contributed by atoms with E-state index in [-0.39, 0.29) is 0 Å². The maximum absolute atomic E-state index is 6.16. The zero-order valence-electron chi connectivity index (χ0n) is 11.4. The number of anilines is 1. The first-order valence-electron chi connectivity index (χ1n) is 6.93. The normalized spacial score (nSPS) is 27.6. The molecule has 1 heterocycles. The molecule has 1 aliphatic carbocycles. The van der Waals surface area contributed by atoms with E-state index in [1.165, 1.54) is 6.42 Å². The summed E-state index contributed by atoms with van der Waals surface area (Å²) in [7, 11) is 0. The number of rotatable bonds is 2. The van der Waals surface area contributed by atoms with Crippen LogP contribution in [0.1, 0.15) is 33.1 Å². The minimum atomic E-state index is 0.296. The maximum Gasteiger partial charge on any atom is 0.144 e. The zero-order valence-corrected chi connectivity index (χ0v) is 12.2. The number of nitrogens with zero attached hydrogens (tertiary/aromatic N) is 1. The molecule has 2 N–H and O–H groups in total. The van der Waals surface area contributed by atoms with Gasteiger partial charge in [0.2, 0.25) is 0 Å². The molecule has 102 valence electrons. The highest BCUT2D eigenvalue weighted by atomic mass is 32.1. The van der Waals surface area contributed by atoms with Crippen molar-refractivity contribution < 1.29 is 4.74 Å². The molecular formula is C15H20N2OS. The van der Waals surface area contributed by atoms with E-state index in [0.717, 1.165) is 40.6 Å². The molecule has 1 aliphatic rings. The number of ether oxygens (including phenoxy) is 1. The van der Waals surface area contributed by atoms with Gasteiger partial charge in [-0.3, -0.25) is 0 Å². The molecule has 3 unspecified atom stereocenters. The number of thiazole rings is 1. The molecule has 3 atom stereocenters. The Morgan fingerprint density at radius 2 is 2.11 bits per heavy atom. The van der Waals surface area contributed by atoms with Crippen LogP contribution in [0.15, 0.2) is 17.6 Å². The molecule has 4 heteroatoms. The van der Waals surface area contributed by atoms with Crippen LogP contribution in [-0.4, -0.2) is 11.1 Å². The second-order valence-electron chi connectivity index (χ2n) is 5.68. The largest absolute Gasteiger partial charge is 0.488 e. The number of benzene rings is 1. The van der Waals surface area contributed by atoms with Crippen LogP contribution in [0, 0.1) is 11.8 Å². The fourth-order valence-corrected chi connectivity index (χ4v) is 3.51. The van der Waals surface area contributed by atoms with Gasteiger partial charge in [-0.25, -0.2) is 4.98 Å². The Hall–Kier alpha value is -1.29. The van der Waals surface area contributed by atoms with E-state index < -0.39 is 0 Å². The van der Waals surface area contributed by atoms with E-state index in [9.17, 15) is 0 Å². The van der Waals surface area contributed by atoms with Gasteiger partial charge in [0.05, 0.1) is 16.3 Å². The molecule has 1 fully saturated rings. The summed E-state index contributed by atoms with van der Waals surface area (Å²) in [4.78, 5) is 4.31. The van der Waals surface area contributed by atoms with Crippen molar-refractivity contribution in [2.45, 2.75) is 39.2 Å². The Morgan fingerprint density at radius 3 is 2.89 bits per heavy atom. The highest BCUT2D eigenvalue weighted by Gasteiger charge is 2.26. The summed E-state index contributed by atoms with van der Waals surface area (Å²) in [5.74, 6) is 2.33. The van der Waals surface area contributed by atoms with Crippen molar-refractivity contribution in [1.29, 1.82) is 0 Å². The number of fused-ring (bicyclic) bond motifs is 1. The molecule has 0 spiro atoms. The fraction of sp³-hybridized carbons (Fsp3) is 0.533. The molecule has 1 saturated carbocycles. The first-order valence-corrected chi connectivity index (χ1v) is 7.81. The van der Waals surface area contributed by atoms with Crippen molar-refractivity contribution in [3.63, 3.8) is 0 Å². The van der Waals surface area contributed by atoms with Gasteiger partial charge in [-0.2, -0.15) is 0 Å². The molecule has 3 nitrogen and oxygen atoms in total. The third kappa shape index (κ3) is 2.41. The van der Waals surface area contributed by atoms with Gasteiger partial charge >= 0.3 is 0 Å². The quantitative estimate of drug-likeness (QED) is 0.841. The summed E-state index contributed by atoms with van der Waals surface area (Å²) in [5, 5.41) is 0. The summed E-state index contributed by atoms with van der Waals surface area (Å²) in [5.41, 5.74) is 9.55. The van der Waals surface area contributed by atoms with Crippen LogP contribution >= 0.6 is 11.3 Å². The van der Waals surface area contributed by atoms with Crippen LogP contribution in [0.25, 0.3) is 10.2 Å². The van der Waals surface area contributed by atoms with Gasteiger partial charge in [-0.05, 0) is 43.2 Å². The SMILES string of the molecule is CC1CCC(Oc2ccc3scnc3c2N)CC1C. The summed E-state index contributed by atoms with van der Waals surface area (Å²) in [6.45, 7) is 4.64. The van der Waals surface area contributed by atoms with Crippen LogP contribution < -0.4 is 10.5 Å². The van der Waals surface area contributed by atoms with Crippen molar-refractivity contribution in [3.8, 4) is 5.75 Å². The van der Waals surface area contributed by atoms with Crippen molar-refractivity contribution in [2.24, 2.45) is 11.8 Å². The Kier molecular flexibility index (Phi) is 3.35. The van der Waals surface area contributed by atoms with Crippen molar-refractivity contribution >= 4 is 27.2 Å². The second-order valence-corrected chi connectivity index (χ2v) is 6.57. The second kappa shape index (κ2) is 5.00. The molecule has 0 aliphatic heterocycles. The van der Waals surface area contributed by atoms with Crippen LogP contribution in [0.5, 0.6) is 5.75 Å². The number of nitrogens with two attached hydrogens (primary N) is 1. The van der Waals surface area contributed by atoms with Gasteiger partial charge < -0.3 is 10.5 Å². The third-order valence-electron chi connectivity index (χ3n) is 4.35. The molecule has 0 bridgehead atoms. The average molecular weight is 276 g/mol. The highest BCUT2D eigenvalue weighted by Crippen LogP contribution is 2.36. The lowest BCUT2D eigenvalue weighted by Gasteiger charge is -2.32. The smallest absolute Gasteiger partial charge is 0.144 e. The molecule has 0 saturated heterocycles. The third-order valence-corrected chi connectivity index (χ3v) is 5.14. The summed E-state index contributed by atoms with van der Waals surface area (Å²) >= 11 is 1.61. The van der Waals surface area contributed by atoms with Crippen LogP contribution in [0.2, 0.25) is 0 Å². The predicted octanol–water partition coefficient (Wildman–Crippen LogP) is 4.08. The standard InChI is InChI=1S/C15H20N2OS/c1-9-3-4-11(7-10(9)2)18-12-5-6-13-15(14(12)16)17-8-19-13/h5-6,8-11H,3-4,7,16H2,1-2H3. The molecule has 1 aromatic heterocycles. The van der Waals surface area contributed by atoms with E-state index in [2.05, 4.69) is 18.8 Å². The molecule has 3 rings (SSSR count). The summed E-state index contributed by atoms with van der Waals surface area (Å²) in [6, 6.07) is 4.03. The Labute approximate surface area is 117 Å². The Morgan fingerprint density at radius 1 is 1.26 bits per heavy atom. The topological polar surface area (TPSA) is 48.1 Å². The predicted molar refractivity (Wildman–Crippen MR) is 80.6 cm³/mol. The van der Waals surface area contributed by atoms with Gasteiger partial charge in [0.15, 0.2) is 0 Å². The van der Waals surface area contributed by atoms with Gasteiger partial charge in [0.1, 0.15) is 17.0 Å². The molecule has 19 heavy (non-hydrogen) atoms. The lowest BCUT2D eigenvalue weighted by atomic mass is 9.80. The first kappa shape index (κ1) is 12.7. The number of hydrogen-bond donors (Lipinski definition) is 1. The molecule has 0 amide bonds. The molecule has 0 radical (unpaired) electrons. The lowest BCUT2D eigenvalue weighted by molar-refractivity contribution is 0.101. The summed E-state index contributed by atoms with van der Waals surface area (Å²) in [6.07, 6.45) is 3.78. The fourth-order valence-electron chi connectivity index (χ4n) is 2.82. The van der Waals surface area contributed by atoms with E-state index >= 15 is 0 Å². The number of hydrogen-bond acceptors (Lipinski definition) is 4. The monoisotopic (exact) mass is 276 g/mol. The summed E-state index contributed by atoms with van der Waals surface area (Å²) < 4.78 is 7.24. The number of nitrogen functional groups attached to an aromatic ring is 1.